The van der Waals surface area contributed by atoms with Crippen molar-refractivity contribution in [2.75, 3.05) is 0 Å². The molecule has 1 atom stereocenters. The molecule has 25 heavy (non-hydrogen) atoms. The fourth-order valence-electron chi connectivity index (χ4n) is 3.23. The predicted octanol–water partition coefficient (Wildman–Crippen LogP) is 2.56. The largest absolute Gasteiger partial charge is 0.476 e. The molecule has 0 bridgehead atoms. The highest BCUT2D eigenvalue weighted by atomic mass is 16.4. The minimum atomic E-state index is -1.31. The van der Waals surface area contributed by atoms with E-state index in [2.05, 4.69) is 23.8 Å². The van der Waals surface area contributed by atoms with Crippen LogP contribution in [0.25, 0.3) is 11.0 Å². The van der Waals surface area contributed by atoms with Crippen molar-refractivity contribution in [3.05, 3.63) is 58.5 Å². The second-order valence-electron chi connectivity index (χ2n) is 6.26. The quantitative estimate of drug-likeness (QED) is 0.771. The number of imidazole rings is 1. The minimum absolute atomic E-state index is 0.0615. The Balaban J connectivity index is 2.25. The number of aryl methyl sites for hydroxylation is 1. The van der Waals surface area contributed by atoms with Crippen molar-refractivity contribution >= 4 is 17.0 Å². The van der Waals surface area contributed by atoms with Crippen LogP contribution in [0.15, 0.2) is 41.7 Å². The van der Waals surface area contributed by atoms with Crippen LogP contribution in [0.4, 0.5) is 0 Å². The number of aromatic carboxylic acids is 1. The molecule has 0 amide bonds. The zero-order chi connectivity index (χ0) is 18.1. The highest BCUT2D eigenvalue weighted by Crippen LogP contribution is 2.28. The maximum Gasteiger partial charge on any atom is 0.360 e. The van der Waals surface area contributed by atoms with E-state index in [9.17, 15) is 14.7 Å². The van der Waals surface area contributed by atoms with E-state index < -0.39 is 17.2 Å². The zero-order valence-electron chi connectivity index (χ0n) is 14.4. The Morgan fingerprint density at radius 1 is 1.32 bits per heavy atom. The van der Waals surface area contributed by atoms with Crippen LogP contribution in [0.2, 0.25) is 0 Å². The first-order valence-corrected chi connectivity index (χ1v) is 8.19. The number of nitrogens with zero attached hydrogens (tertiary/aromatic N) is 4. The van der Waals surface area contributed by atoms with Gasteiger partial charge in [0.05, 0.1) is 23.4 Å². The number of aromatic nitrogens is 4. The van der Waals surface area contributed by atoms with Gasteiger partial charge in [0.2, 0.25) is 5.69 Å². The predicted molar refractivity (Wildman–Crippen MR) is 93.8 cm³/mol. The number of rotatable bonds is 5. The molecule has 3 rings (SSSR count). The molecule has 2 aromatic heterocycles. The first-order chi connectivity index (χ1) is 11.9. The molecule has 0 aliphatic rings. The zero-order valence-corrected chi connectivity index (χ0v) is 14.4. The molecule has 2 heterocycles. The van der Waals surface area contributed by atoms with Crippen LogP contribution in [0.1, 0.15) is 42.9 Å². The summed E-state index contributed by atoms with van der Waals surface area (Å²) >= 11 is 0. The lowest BCUT2D eigenvalue weighted by Crippen LogP contribution is -2.28. The molecule has 1 unspecified atom stereocenters. The third kappa shape index (κ3) is 2.93. The third-order valence-electron chi connectivity index (χ3n) is 4.31. The van der Waals surface area contributed by atoms with E-state index in [-0.39, 0.29) is 6.04 Å². The number of carboxylic acid groups (broad SMARTS) is 1. The first-order valence-electron chi connectivity index (χ1n) is 8.19. The van der Waals surface area contributed by atoms with Gasteiger partial charge in [-0.1, -0.05) is 19.9 Å². The van der Waals surface area contributed by atoms with E-state index in [0.717, 1.165) is 5.56 Å². The Kier molecular flexibility index (Phi) is 4.39. The van der Waals surface area contributed by atoms with Crippen molar-refractivity contribution in [3.8, 4) is 0 Å². The molecule has 3 aromatic rings. The van der Waals surface area contributed by atoms with Crippen LogP contribution in [-0.4, -0.2) is 30.2 Å². The number of benzene rings is 1. The average Bonchev–Trinajstić information content (AvgIpc) is 3.08. The van der Waals surface area contributed by atoms with Crippen LogP contribution in [0, 0.1) is 5.92 Å². The standard InChI is InChI=1S/C18H20N4O3/c1-4-22-14-9-12(16(11(2)3)21-8-7-19-10-21)5-6-13(14)20-15(17(22)23)18(24)25/h5-11,16H,4H2,1-3H3,(H,24,25). The van der Waals surface area contributed by atoms with Gasteiger partial charge >= 0.3 is 5.97 Å². The Morgan fingerprint density at radius 3 is 2.64 bits per heavy atom. The normalized spacial score (nSPS) is 12.6. The highest BCUT2D eigenvalue weighted by Gasteiger charge is 2.20. The SMILES string of the molecule is CCn1c(=O)c(C(=O)O)nc2ccc(C(C(C)C)n3ccnc3)cc21. The highest BCUT2D eigenvalue weighted by molar-refractivity contribution is 5.88. The molecule has 130 valence electrons. The molecule has 7 heteroatoms. The van der Waals surface area contributed by atoms with Crippen LogP contribution in [-0.2, 0) is 6.54 Å². The van der Waals surface area contributed by atoms with Gasteiger partial charge in [-0.15, -0.1) is 0 Å². The summed E-state index contributed by atoms with van der Waals surface area (Å²) in [6, 6.07) is 5.68. The number of hydrogen-bond acceptors (Lipinski definition) is 4. The molecule has 1 aromatic carbocycles. The first kappa shape index (κ1) is 16.9. The second-order valence-corrected chi connectivity index (χ2v) is 6.26. The minimum Gasteiger partial charge on any atom is -0.476 e. The van der Waals surface area contributed by atoms with Crippen LogP contribution >= 0.6 is 0 Å². The molecular weight excluding hydrogens is 320 g/mol. The molecule has 1 N–H and O–H groups in total. The van der Waals surface area contributed by atoms with Crippen molar-refractivity contribution in [2.24, 2.45) is 5.92 Å². The van der Waals surface area contributed by atoms with E-state index in [1.807, 2.05) is 29.8 Å². The Bertz CT molecular complexity index is 974. The maximum absolute atomic E-state index is 12.4. The van der Waals surface area contributed by atoms with Gasteiger partial charge in [0.15, 0.2) is 0 Å². The van der Waals surface area contributed by atoms with Gasteiger partial charge in [0.1, 0.15) is 0 Å². The van der Waals surface area contributed by atoms with Crippen molar-refractivity contribution in [2.45, 2.75) is 33.4 Å². The fraction of sp³-hybridized carbons (Fsp3) is 0.333. The lowest BCUT2D eigenvalue weighted by atomic mass is 9.95. The summed E-state index contributed by atoms with van der Waals surface area (Å²) in [6.45, 7) is 6.43. The monoisotopic (exact) mass is 340 g/mol. The molecule has 0 saturated carbocycles. The van der Waals surface area contributed by atoms with E-state index in [0.29, 0.717) is 23.5 Å². The number of hydrogen-bond donors (Lipinski definition) is 1. The maximum atomic E-state index is 12.4. The molecule has 0 saturated heterocycles. The van der Waals surface area contributed by atoms with Gasteiger partial charge in [-0.05, 0) is 30.5 Å². The summed E-state index contributed by atoms with van der Waals surface area (Å²) in [5.74, 6) is -1.00. The summed E-state index contributed by atoms with van der Waals surface area (Å²) in [5.41, 5.74) is 1.13. The van der Waals surface area contributed by atoms with E-state index in [1.165, 1.54) is 4.57 Å². The smallest absolute Gasteiger partial charge is 0.360 e. The van der Waals surface area contributed by atoms with E-state index in [1.54, 1.807) is 18.6 Å². The molecule has 0 radical (unpaired) electrons. The van der Waals surface area contributed by atoms with E-state index in [4.69, 9.17) is 0 Å². The van der Waals surface area contributed by atoms with Crippen molar-refractivity contribution in [1.29, 1.82) is 0 Å². The van der Waals surface area contributed by atoms with Gasteiger partial charge in [0, 0.05) is 18.9 Å². The molecule has 0 spiro atoms. The van der Waals surface area contributed by atoms with Crippen molar-refractivity contribution in [3.63, 3.8) is 0 Å². The Labute approximate surface area is 144 Å². The van der Waals surface area contributed by atoms with E-state index >= 15 is 0 Å². The average molecular weight is 340 g/mol. The van der Waals surface area contributed by atoms with Crippen LogP contribution in [0.3, 0.4) is 0 Å². The molecular formula is C18H20N4O3. The summed E-state index contributed by atoms with van der Waals surface area (Å²) in [6.07, 6.45) is 5.42. The van der Waals surface area contributed by atoms with Gasteiger partial charge in [-0.2, -0.15) is 0 Å². The lowest BCUT2D eigenvalue weighted by Gasteiger charge is -2.23. The summed E-state index contributed by atoms with van der Waals surface area (Å²) in [4.78, 5) is 31.8. The Morgan fingerprint density at radius 2 is 2.08 bits per heavy atom. The van der Waals surface area contributed by atoms with Gasteiger partial charge in [-0.25, -0.2) is 14.8 Å². The molecule has 0 aliphatic carbocycles. The van der Waals surface area contributed by atoms with Gasteiger partial charge in [-0.3, -0.25) is 4.79 Å². The summed E-state index contributed by atoms with van der Waals surface area (Å²) in [5, 5.41) is 9.20. The fourth-order valence-corrected chi connectivity index (χ4v) is 3.23. The van der Waals surface area contributed by atoms with Crippen LogP contribution < -0.4 is 5.56 Å². The van der Waals surface area contributed by atoms with Crippen molar-refractivity contribution in [1.82, 2.24) is 19.1 Å². The third-order valence-corrected chi connectivity index (χ3v) is 4.31. The Hall–Kier alpha value is -2.96. The number of carbonyl (C=O) groups is 1. The van der Waals surface area contributed by atoms with Gasteiger partial charge in [0.25, 0.3) is 5.56 Å². The lowest BCUT2D eigenvalue weighted by molar-refractivity contribution is 0.0688. The second kappa shape index (κ2) is 6.51. The molecule has 0 aliphatic heterocycles. The topological polar surface area (TPSA) is 90.0 Å². The van der Waals surface area contributed by atoms with Crippen molar-refractivity contribution < 1.29 is 9.90 Å². The van der Waals surface area contributed by atoms with Gasteiger partial charge < -0.3 is 14.2 Å². The number of carboxylic acids is 1. The molecule has 7 nitrogen and oxygen atoms in total. The van der Waals surface area contributed by atoms with Crippen LogP contribution in [0.5, 0.6) is 0 Å². The molecule has 0 fully saturated rings. The number of fused-ring (bicyclic) bond motifs is 1. The summed E-state index contributed by atoms with van der Waals surface area (Å²) < 4.78 is 3.49. The summed E-state index contributed by atoms with van der Waals surface area (Å²) in [7, 11) is 0.